The lowest BCUT2D eigenvalue weighted by atomic mass is 10.0. The fourth-order valence-electron chi connectivity index (χ4n) is 4.50. The Morgan fingerprint density at radius 3 is 1.84 bits per heavy atom. The minimum atomic E-state index is -0.187. The number of hydrogen-bond acceptors (Lipinski definition) is 5. The second-order valence-electron chi connectivity index (χ2n) is 10.7. The molecule has 0 saturated carbocycles. The van der Waals surface area contributed by atoms with Crippen molar-refractivity contribution >= 4 is 11.9 Å². The van der Waals surface area contributed by atoms with Crippen LogP contribution in [0.3, 0.4) is 0 Å². The molecule has 0 bridgehead atoms. The predicted molar refractivity (Wildman–Crippen MR) is 154 cm³/mol. The number of ether oxygens (including phenoxy) is 2. The Morgan fingerprint density at radius 2 is 1.27 bits per heavy atom. The van der Waals surface area contributed by atoms with Crippen LogP contribution in [0.15, 0.2) is 24.3 Å². The second-order valence-corrected chi connectivity index (χ2v) is 10.7. The number of carbonyl (C=O) groups is 2. The summed E-state index contributed by atoms with van der Waals surface area (Å²) in [6.07, 6.45) is 19.0. The van der Waals surface area contributed by atoms with Gasteiger partial charge in [0.2, 0.25) is 0 Å². The molecule has 37 heavy (non-hydrogen) atoms. The van der Waals surface area contributed by atoms with E-state index in [2.05, 4.69) is 18.7 Å². The number of rotatable bonds is 23. The standard InChI is InChI=1S/C32H55NO4/c1-5-7-9-11-13-19-29(20-14-12-10-8-6-2)36-31(34)21-16-15-18-28-23-25-30(26-24-28)37-32(35)22-17-27-33(3)4/h23-26,29H,5-22,27H2,1-4H3. The van der Waals surface area contributed by atoms with Crippen LogP contribution in [0.4, 0.5) is 0 Å². The summed E-state index contributed by atoms with van der Waals surface area (Å²) in [5.74, 6) is 0.370. The summed E-state index contributed by atoms with van der Waals surface area (Å²) in [7, 11) is 3.99. The van der Waals surface area contributed by atoms with E-state index in [0.29, 0.717) is 18.6 Å². The Balaban J connectivity index is 2.30. The topological polar surface area (TPSA) is 55.8 Å². The summed E-state index contributed by atoms with van der Waals surface area (Å²) in [6.45, 7) is 5.35. The maximum absolute atomic E-state index is 12.5. The van der Waals surface area contributed by atoms with Crippen molar-refractivity contribution < 1.29 is 19.1 Å². The van der Waals surface area contributed by atoms with Crippen LogP contribution in [0.25, 0.3) is 0 Å². The highest BCUT2D eigenvalue weighted by atomic mass is 16.5. The van der Waals surface area contributed by atoms with Gasteiger partial charge in [0.05, 0.1) is 0 Å². The minimum absolute atomic E-state index is 0.0383. The zero-order chi connectivity index (χ0) is 27.1. The molecule has 0 amide bonds. The van der Waals surface area contributed by atoms with Crippen molar-refractivity contribution in [3.8, 4) is 5.75 Å². The van der Waals surface area contributed by atoms with Gasteiger partial charge in [0.15, 0.2) is 0 Å². The van der Waals surface area contributed by atoms with Gasteiger partial charge < -0.3 is 14.4 Å². The highest BCUT2D eigenvalue weighted by Gasteiger charge is 2.14. The van der Waals surface area contributed by atoms with E-state index in [1.54, 1.807) is 0 Å². The number of unbranched alkanes of at least 4 members (excludes halogenated alkanes) is 9. The summed E-state index contributed by atoms with van der Waals surface area (Å²) in [6, 6.07) is 7.74. The van der Waals surface area contributed by atoms with Gasteiger partial charge >= 0.3 is 11.9 Å². The Kier molecular flexibility index (Phi) is 19.8. The lowest BCUT2D eigenvalue weighted by molar-refractivity contribution is -0.150. The highest BCUT2D eigenvalue weighted by molar-refractivity contribution is 5.72. The van der Waals surface area contributed by atoms with E-state index in [9.17, 15) is 9.59 Å². The number of benzene rings is 1. The first kappa shape index (κ1) is 33.1. The van der Waals surface area contributed by atoms with Gasteiger partial charge in [-0.2, -0.15) is 0 Å². The smallest absolute Gasteiger partial charge is 0.311 e. The molecular weight excluding hydrogens is 462 g/mol. The lowest BCUT2D eigenvalue weighted by Crippen LogP contribution is -2.18. The molecule has 1 aromatic rings. The molecule has 212 valence electrons. The summed E-state index contributed by atoms with van der Waals surface area (Å²) in [5, 5.41) is 0. The van der Waals surface area contributed by atoms with Gasteiger partial charge in [-0.1, -0.05) is 77.3 Å². The van der Waals surface area contributed by atoms with Gasteiger partial charge in [-0.15, -0.1) is 0 Å². The molecule has 1 aromatic carbocycles. The van der Waals surface area contributed by atoms with Crippen molar-refractivity contribution in [2.75, 3.05) is 20.6 Å². The van der Waals surface area contributed by atoms with Crippen LogP contribution < -0.4 is 4.74 Å². The molecular formula is C32H55NO4. The summed E-state index contributed by atoms with van der Waals surface area (Å²) >= 11 is 0. The van der Waals surface area contributed by atoms with Crippen molar-refractivity contribution in [3.63, 3.8) is 0 Å². The maximum atomic E-state index is 12.5. The number of esters is 2. The Bertz CT molecular complexity index is 687. The molecule has 5 heteroatoms. The molecule has 0 fully saturated rings. The van der Waals surface area contributed by atoms with Gasteiger partial charge in [-0.05, 0) is 89.7 Å². The normalized spacial score (nSPS) is 11.3. The molecule has 5 nitrogen and oxygen atoms in total. The van der Waals surface area contributed by atoms with Gasteiger partial charge in [0.25, 0.3) is 0 Å². The summed E-state index contributed by atoms with van der Waals surface area (Å²) in [5.41, 5.74) is 1.19. The third-order valence-corrected chi connectivity index (χ3v) is 6.80. The Labute approximate surface area is 227 Å². The van der Waals surface area contributed by atoms with Crippen LogP contribution in [0.2, 0.25) is 0 Å². The molecule has 0 aliphatic rings. The quantitative estimate of drug-likeness (QED) is 0.0830. The third kappa shape index (κ3) is 18.9. The second kappa shape index (κ2) is 22.1. The van der Waals surface area contributed by atoms with Crippen LogP contribution in [-0.4, -0.2) is 43.6 Å². The molecule has 0 heterocycles. The van der Waals surface area contributed by atoms with Gasteiger partial charge in [-0.3, -0.25) is 9.59 Å². The largest absolute Gasteiger partial charge is 0.462 e. The summed E-state index contributed by atoms with van der Waals surface area (Å²) < 4.78 is 11.3. The minimum Gasteiger partial charge on any atom is -0.462 e. The Morgan fingerprint density at radius 1 is 0.703 bits per heavy atom. The number of nitrogens with zero attached hydrogens (tertiary/aromatic N) is 1. The van der Waals surface area contributed by atoms with Crippen molar-refractivity contribution in [3.05, 3.63) is 29.8 Å². The molecule has 0 spiro atoms. The van der Waals surface area contributed by atoms with E-state index in [0.717, 1.165) is 57.9 Å². The molecule has 0 radical (unpaired) electrons. The van der Waals surface area contributed by atoms with Gasteiger partial charge in [0, 0.05) is 12.8 Å². The molecule has 0 aromatic heterocycles. The van der Waals surface area contributed by atoms with Crippen molar-refractivity contribution in [2.24, 2.45) is 0 Å². The van der Waals surface area contributed by atoms with E-state index < -0.39 is 0 Å². The van der Waals surface area contributed by atoms with Crippen molar-refractivity contribution in [1.82, 2.24) is 4.90 Å². The average Bonchev–Trinajstić information content (AvgIpc) is 2.87. The van der Waals surface area contributed by atoms with Crippen molar-refractivity contribution in [1.29, 1.82) is 0 Å². The van der Waals surface area contributed by atoms with E-state index in [-0.39, 0.29) is 18.0 Å². The molecule has 0 unspecified atom stereocenters. The lowest BCUT2D eigenvalue weighted by Gasteiger charge is -2.18. The number of carbonyl (C=O) groups excluding carboxylic acids is 2. The molecule has 0 atom stereocenters. The SMILES string of the molecule is CCCCCCCC(CCCCCCC)OC(=O)CCCCc1ccc(OC(=O)CCCN(C)C)cc1. The fraction of sp³-hybridized carbons (Fsp3) is 0.750. The highest BCUT2D eigenvalue weighted by Crippen LogP contribution is 2.18. The molecule has 0 aliphatic heterocycles. The fourth-order valence-corrected chi connectivity index (χ4v) is 4.50. The molecule has 1 rings (SSSR count). The zero-order valence-electron chi connectivity index (χ0n) is 24.4. The zero-order valence-corrected chi connectivity index (χ0v) is 24.4. The van der Waals surface area contributed by atoms with Gasteiger partial charge in [-0.25, -0.2) is 0 Å². The van der Waals surface area contributed by atoms with E-state index in [4.69, 9.17) is 9.47 Å². The average molecular weight is 518 g/mol. The van der Waals surface area contributed by atoms with Crippen LogP contribution in [0, 0.1) is 0 Å². The summed E-state index contributed by atoms with van der Waals surface area (Å²) in [4.78, 5) is 26.5. The van der Waals surface area contributed by atoms with Crippen LogP contribution in [-0.2, 0) is 20.7 Å². The van der Waals surface area contributed by atoms with Crippen LogP contribution in [0.5, 0.6) is 5.75 Å². The predicted octanol–water partition coefficient (Wildman–Crippen LogP) is 8.28. The first-order valence-corrected chi connectivity index (χ1v) is 15.1. The van der Waals surface area contributed by atoms with Crippen molar-refractivity contribution in [2.45, 2.75) is 136 Å². The maximum Gasteiger partial charge on any atom is 0.311 e. The van der Waals surface area contributed by atoms with E-state index >= 15 is 0 Å². The van der Waals surface area contributed by atoms with E-state index in [1.807, 2.05) is 38.4 Å². The first-order chi connectivity index (χ1) is 17.9. The van der Waals surface area contributed by atoms with E-state index in [1.165, 1.54) is 56.9 Å². The molecule has 0 saturated heterocycles. The molecule has 0 aliphatic carbocycles. The monoisotopic (exact) mass is 517 g/mol. The number of hydrogen-bond donors (Lipinski definition) is 0. The number of aryl methyl sites for hydroxylation is 1. The Hall–Kier alpha value is -1.88. The first-order valence-electron chi connectivity index (χ1n) is 15.1. The molecule has 0 N–H and O–H groups in total. The van der Waals surface area contributed by atoms with Crippen LogP contribution >= 0.6 is 0 Å². The third-order valence-electron chi connectivity index (χ3n) is 6.80. The van der Waals surface area contributed by atoms with Crippen LogP contribution in [0.1, 0.15) is 129 Å². The van der Waals surface area contributed by atoms with Gasteiger partial charge in [0.1, 0.15) is 11.9 Å².